The molecular weight excluding hydrogens is 234 g/mol. The van der Waals surface area contributed by atoms with Crippen LogP contribution in [0.15, 0.2) is 0 Å². The molecule has 0 radical (unpaired) electrons. The number of aliphatic hydroxyl groups excluding tert-OH is 1. The van der Waals surface area contributed by atoms with Crippen LogP contribution in [0.3, 0.4) is 0 Å². The Bertz CT molecular complexity index is 331. The number of likely N-dealkylation sites (tertiary alicyclic amines) is 1. The highest BCUT2D eigenvalue weighted by Crippen LogP contribution is 2.33. The summed E-state index contributed by atoms with van der Waals surface area (Å²) in [6.45, 7) is 0.642. The molecule has 1 amide bonds. The number of carbonyl (C=O) groups is 2. The molecule has 1 saturated heterocycles. The highest BCUT2D eigenvalue weighted by molar-refractivity contribution is 5.85. The summed E-state index contributed by atoms with van der Waals surface area (Å²) in [4.78, 5) is 25.4. The van der Waals surface area contributed by atoms with E-state index in [4.69, 9.17) is 0 Å². The molecule has 18 heavy (non-hydrogen) atoms. The Kier molecular flexibility index (Phi) is 4.22. The molecule has 1 heterocycles. The zero-order chi connectivity index (χ0) is 13.1. The zero-order valence-corrected chi connectivity index (χ0v) is 10.5. The number of aliphatic carboxylic acids is 1. The summed E-state index contributed by atoms with van der Waals surface area (Å²) in [6.07, 6.45) is 4.82. The van der Waals surface area contributed by atoms with E-state index in [2.05, 4.69) is 0 Å². The van der Waals surface area contributed by atoms with Gasteiger partial charge in [-0.3, -0.25) is 9.59 Å². The fraction of sp³-hybridized carbons (Fsp3) is 0.846. The van der Waals surface area contributed by atoms with Gasteiger partial charge in [-0.25, -0.2) is 0 Å². The van der Waals surface area contributed by atoms with Crippen molar-refractivity contribution < 1.29 is 19.8 Å². The predicted octanol–water partition coefficient (Wildman–Crippen LogP) is 0.861. The van der Waals surface area contributed by atoms with Gasteiger partial charge in [0.2, 0.25) is 5.91 Å². The third kappa shape index (κ3) is 2.51. The second kappa shape index (κ2) is 5.69. The van der Waals surface area contributed by atoms with E-state index in [0.717, 1.165) is 25.7 Å². The molecule has 2 aliphatic rings. The second-order valence-electron chi connectivity index (χ2n) is 5.35. The quantitative estimate of drug-likeness (QED) is 0.784. The van der Waals surface area contributed by atoms with Gasteiger partial charge in [0.15, 0.2) is 0 Å². The first kappa shape index (κ1) is 13.3. The lowest BCUT2D eigenvalue weighted by atomic mass is 9.78. The molecule has 2 N–H and O–H groups in total. The highest BCUT2D eigenvalue weighted by Gasteiger charge is 2.40. The van der Waals surface area contributed by atoms with Crippen LogP contribution in [0.5, 0.6) is 0 Å². The number of carbonyl (C=O) groups excluding carboxylic acids is 1. The van der Waals surface area contributed by atoms with Crippen LogP contribution < -0.4 is 0 Å². The van der Waals surface area contributed by atoms with Crippen LogP contribution in [0.1, 0.15) is 38.5 Å². The van der Waals surface area contributed by atoms with Crippen molar-refractivity contribution in [2.24, 2.45) is 11.8 Å². The van der Waals surface area contributed by atoms with Crippen LogP contribution in [0.4, 0.5) is 0 Å². The molecule has 0 spiro atoms. The normalized spacial score (nSPS) is 32.5. The molecule has 0 bridgehead atoms. The third-order valence-electron chi connectivity index (χ3n) is 4.27. The van der Waals surface area contributed by atoms with Crippen LogP contribution in [-0.4, -0.2) is 46.2 Å². The number of carboxylic acid groups (broad SMARTS) is 1. The number of rotatable bonds is 3. The fourth-order valence-corrected chi connectivity index (χ4v) is 3.25. The first-order valence-electron chi connectivity index (χ1n) is 6.79. The maximum atomic E-state index is 12.4. The smallest absolute Gasteiger partial charge is 0.307 e. The minimum Gasteiger partial charge on any atom is -0.481 e. The summed E-state index contributed by atoms with van der Waals surface area (Å²) in [6, 6.07) is -0.103. The summed E-state index contributed by atoms with van der Waals surface area (Å²) >= 11 is 0. The predicted molar refractivity (Wildman–Crippen MR) is 64.9 cm³/mol. The van der Waals surface area contributed by atoms with E-state index >= 15 is 0 Å². The van der Waals surface area contributed by atoms with Crippen molar-refractivity contribution in [2.45, 2.75) is 44.6 Å². The Hall–Kier alpha value is -1.10. The molecule has 2 fully saturated rings. The molecule has 1 aliphatic heterocycles. The molecule has 5 heteroatoms. The van der Waals surface area contributed by atoms with Gasteiger partial charge in [-0.05, 0) is 25.7 Å². The number of aliphatic hydroxyl groups is 1. The van der Waals surface area contributed by atoms with E-state index in [1.54, 1.807) is 4.90 Å². The SMILES string of the molecule is O=C(O)[C@H]1CCCC[C@H]1C(=O)N1CCC[C@H]1CO. The molecule has 0 unspecified atom stereocenters. The summed E-state index contributed by atoms with van der Waals surface area (Å²) < 4.78 is 0. The van der Waals surface area contributed by atoms with E-state index in [-0.39, 0.29) is 24.5 Å². The van der Waals surface area contributed by atoms with Gasteiger partial charge in [-0.2, -0.15) is 0 Å². The lowest BCUT2D eigenvalue weighted by Crippen LogP contribution is -2.45. The Morgan fingerprint density at radius 1 is 1.06 bits per heavy atom. The number of hydrogen-bond donors (Lipinski definition) is 2. The molecular formula is C13H21NO4. The van der Waals surface area contributed by atoms with E-state index in [9.17, 15) is 19.8 Å². The average Bonchev–Trinajstić information content (AvgIpc) is 2.86. The van der Waals surface area contributed by atoms with E-state index in [1.807, 2.05) is 0 Å². The van der Waals surface area contributed by atoms with Crippen LogP contribution in [0.2, 0.25) is 0 Å². The minimum absolute atomic E-state index is 0.0177. The number of carboxylic acids is 1. The summed E-state index contributed by atoms with van der Waals surface area (Å²) in [7, 11) is 0. The van der Waals surface area contributed by atoms with Crippen LogP contribution in [0, 0.1) is 11.8 Å². The van der Waals surface area contributed by atoms with Gasteiger partial charge < -0.3 is 15.1 Å². The Labute approximate surface area is 107 Å². The van der Waals surface area contributed by atoms with Crippen molar-refractivity contribution in [2.75, 3.05) is 13.2 Å². The fourth-order valence-electron chi connectivity index (χ4n) is 3.25. The molecule has 1 saturated carbocycles. The van der Waals surface area contributed by atoms with E-state index in [0.29, 0.717) is 19.4 Å². The van der Waals surface area contributed by atoms with Crippen molar-refractivity contribution in [1.29, 1.82) is 0 Å². The summed E-state index contributed by atoms with van der Waals surface area (Å²) in [5, 5.41) is 18.5. The first-order valence-corrected chi connectivity index (χ1v) is 6.79. The number of nitrogens with zero attached hydrogens (tertiary/aromatic N) is 1. The Morgan fingerprint density at radius 2 is 1.72 bits per heavy atom. The lowest BCUT2D eigenvalue weighted by molar-refractivity contribution is -0.153. The first-order chi connectivity index (χ1) is 8.65. The van der Waals surface area contributed by atoms with Gasteiger partial charge in [0.05, 0.1) is 24.5 Å². The topological polar surface area (TPSA) is 77.8 Å². The summed E-state index contributed by atoms with van der Waals surface area (Å²) in [5.74, 6) is -1.83. The largest absolute Gasteiger partial charge is 0.481 e. The molecule has 102 valence electrons. The van der Waals surface area contributed by atoms with E-state index < -0.39 is 11.9 Å². The number of hydrogen-bond acceptors (Lipinski definition) is 3. The molecule has 2 rings (SSSR count). The third-order valence-corrected chi connectivity index (χ3v) is 4.27. The second-order valence-corrected chi connectivity index (χ2v) is 5.35. The summed E-state index contributed by atoms with van der Waals surface area (Å²) in [5.41, 5.74) is 0. The van der Waals surface area contributed by atoms with Gasteiger partial charge in [0.1, 0.15) is 0 Å². The van der Waals surface area contributed by atoms with Crippen LogP contribution in [0.25, 0.3) is 0 Å². The molecule has 0 aromatic heterocycles. The van der Waals surface area contributed by atoms with E-state index in [1.165, 1.54) is 0 Å². The standard InChI is InChI=1S/C13H21NO4/c15-8-9-4-3-7-14(9)12(16)10-5-1-2-6-11(10)13(17)18/h9-11,15H,1-8H2,(H,17,18)/t9-,10+,11-/m0/s1. The van der Waals surface area contributed by atoms with Gasteiger partial charge in [0, 0.05) is 6.54 Å². The van der Waals surface area contributed by atoms with Crippen molar-refractivity contribution >= 4 is 11.9 Å². The van der Waals surface area contributed by atoms with Gasteiger partial charge in [0.25, 0.3) is 0 Å². The maximum absolute atomic E-state index is 12.4. The molecule has 0 aromatic rings. The minimum atomic E-state index is -0.854. The maximum Gasteiger partial charge on any atom is 0.307 e. The van der Waals surface area contributed by atoms with Gasteiger partial charge >= 0.3 is 5.97 Å². The van der Waals surface area contributed by atoms with Crippen molar-refractivity contribution in [3.63, 3.8) is 0 Å². The Morgan fingerprint density at radius 3 is 2.33 bits per heavy atom. The van der Waals surface area contributed by atoms with Crippen LogP contribution >= 0.6 is 0 Å². The molecule has 1 aliphatic carbocycles. The van der Waals surface area contributed by atoms with Crippen LogP contribution in [-0.2, 0) is 9.59 Å². The Balaban J connectivity index is 2.08. The number of amides is 1. The van der Waals surface area contributed by atoms with Crippen molar-refractivity contribution in [1.82, 2.24) is 4.90 Å². The van der Waals surface area contributed by atoms with Gasteiger partial charge in [-0.15, -0.1) is 0 Å². The lowest BCUT2D eigenvalue weighted by Gasteiger charge is -2.33. The van der Waals surface area contributed by atoms with Gasteiger partial charge in [-0.1, -0.05) is 12.8 Å². The molecule has 3 atom stereocenters. The molecule has 0 aromatic carbocycles. The highest BCUT2D eigenvalue weighted by atomic mass is 16.4. The monoisotopic (exact) mass is 255 g/mol. The van der Waals surface area contributed by atoms with Crippen molar-refractivity contribution in [3.05, 3.63) is 0 Å². The average molecular weight is 255 g/mol. The van der Waals surface area contributed by atoms with Crippen molar-refractivity contribution in [3.8, 4) is 0 Å². The molecule has 5 nitrogen and oxygen atoms in total. The zero-order valence-electron chi connectivity index (χ0n) is 10.5.